The highest BCUT2D eigenvalue weighted by Gasteiger charge is 2.27. The van der Waals surface area contributed by atoms with Gasteiger partial charge in [0, 0.05) is 37.3 Å². The smallest absolute Gasteiger partial charge is 0.226 e. The monoisotopic (exact) mass is 456 g/mol. The highest BCUT2D eigenvalue weighted by Crippen LogP contribution is 2.27. The van der Waals surface area contributed by atoms with Gasteiger partial charge in [-0.25, -0.2) is 0 Å². The van der Waals surface area contributed by atoms with Crippen LogP contribution in [0.25, 0.3) is 0 Å². The molecule has 185 valence electrons. The van der Waals surface area contributed by atoms with Crippen LogP contribution >= 0.6 is 0 Å². The van der Waals surface area contributed by atoms with E-state index in [-0.39, 0.29) is 17.7 Å². The molecule has 2 amide bonds. The van der Waals surface area contributed by atoms with Crippen molar-refractivity contribution >= 4 is 17.5 Å². The van der Waals surface area contributed by atoms with Crippen LogP contribution in [0.3, 0.4) is 0 Å². The summed E-state index contributed by atoms with van der Waals surface area (Å²) in [6.07, 6.45) is 7.43. The highest BCUT2D eigenvalue weighted by atomic mass is 16.2. The number of rotatable bonds is 11. The van der Waals surface area contributed by atoms with Crippen molar-refractivity contribution < 1.29 is 9.59 Å². The van der Waals surface area contributed by atoms with Crippen molar-refractivity contribution in [1.82, 2.24) is 4.90 Å². The molecule has 2 N–H and O–H groups in total. The molecule has 1 unspecified atom stereocenters. The van der Waals surface area contributed by atoms with Crippen LogP contribution in [-0.4, -0.2) is 42.4 Å². The molecule has 0 bridgehead atoms. The molecular weight excluding hydrogens is 410 g/mol. The Hall–Kier alpha value is -2.04. The second-order valence-corrected chi connectivity index (χ2v) is 11.4. The van der Waals surface area contributed by atoms with Gasteiger partial charge in [-0.3, -0.25) is 9.59 Å². The van der Waals surface area contributed by atoms with Gasteiger partial charge in [0.25, 0.3) is 0 Å². The van der Waals surface area contributed by atoms with Crippen LogP contribution in [0.2, 0.25) is 0 Å². The Morgan fingerprint density at radius 1 is 1.12 bits per heavy atom. The Kier molecular flexibility index (Phi) is 10.2. The fraction of sp³-hybridized carbons (Fsp3) is 0.679. The number of anilines is 1. The van der Waals surface area contributed by atoms with Gasteiger partial charge in [-0.2, -0.15) is 0 Å². The van der Waals surface area contributed by atoms with E-state index >= 15 is 0 Å². The Labute approximate surface area is 202 Å². The van der Waals surface area contributed by atoms with Gasteiger partial charge in [0.15, 0.2) is 0 Å². The second kappa shape index (κ2) is 12.4. The summed E-state index contributed by atoms with van der Waals surface area (Å²) in [6, 6.07) is 9.59. The highest BCUT2D eigenvalue weighted by molar-refractivity contribution is 5.86. The van der Waals surface area contributed by atoms with Crippen molar-refractivity contribution in [3.05, 3.63) is 36.2 Å². The Bertz CT molecular complexity index is 743. The maximum absolute atomic E-state index is 12.6. The first-order valence-corrected chi connectivity index (χ1v) is 12.7. The summed E-state index contributed by atoms with van der Waals surface area (Å²) >= 11 is 0. The fourth-order valence-corrected chi connectivity index (χ4v) is 4.21. The zero-order chi connectivity index (χ0) is 24.6. The fourth-order valence-electron chi connectivity index (χ4n) is 4.21. The summed E-state index contributed by atoms with van der Waals surface area (Å²) in [6.45, 7) is 15.8. The predicted molar refractivity (Wildman–Crippen MR) is 138 cm³/mol. The van der Waals surface area contributed by atoms with Gasteiger partial charge < -0.3 is 15.5 Å². The van der Waals surface area contributed by atoms with Crippen LogP contribution in [-0.2, 0) is 16.0 Å². The SMILES string of the molecule is CC(C)CCN(c1ccc(CCC(C)(C)C)cc1)C1CCN(C(=O)[CH]CC(C)C(N)=O)CC1. The quantitative estimate of drug-likeness (QED) is 0.496. The number of piperidine rings is 1. The van der Waals surface area contributed by atoms with Crippen LogP contribution < -0.4 is 10.6 Å². The summed E-state index contributed by atoms with van der Waals surface area (Å²) in [5, 5.41) is 0. The molecule has 1 saturated heterocycles. The third kappa shape index (κ3) is 9.38. The van der Waals surface area contributed by atoms with Gasteiger partial charge in [0.05, 0.1) is 6.42 Å². The number of carbonyl (C=O) groups excluding carboxylic acids is 2. The third-order valence-corrected chi connectivity index (χ3v) is 6.73. The molecule has 0 aromatic heterocycles. The lowest BCUT2D eigenvalue weighted by Crippen LogP contribution is -2.47. The van der Waals surface area contributed by atoms with Crippen molar-refractivity contribution in [2.45, 2.75) is 86.1 Å². The molecule has 1 heterocycles. The first-order valence-electron chi connectivity index (χ1n) is 12.7. The lowest BCUT2D eigenvalue weighted by atomic mass is 9.88. The normalized spacial score (nSPS) is 16.2. The third-order valence-electron chi connectivity index (χ3n) is 6.73. The van der Waals surface area contributed by atoms with E-state index in [1.165, 1.54) is 17.7 Å². The summed E-state index contributed by atoms with van der Waals surface area (Å²) < 4.78 is 0. The summed E-state index contributed by atoms with van der Waals surface area (Å²) in [4.78, 5) is 28.3. The van der Waals surface area contributed by atoms with E-state index in [4.69, 9.17) is 5.73 Å². The second-order valence-electron chi connectivity index (χ2n) is 11.4. The number of amides is 2. The molecule has 1 aliphatic rings. The maximum Gasteiger partial charge on any atom is 0.226 e. The van der Waals surface area contributed by atoms with E-state index in [1.54, 1.807) is 13.3 Å². The predicted octanol–water partition coefficient (Wildman–Crippen LogP) is 5.22. The van der Waals surface area contributed by atoms with Crippen molar-refractivity contribution in [2.75, 3.05) is 24.5 Å². The summed E-state index contributed by atoms with van der Waals surface area (Å²) in [5.41, 5.74) is 8.36. The number of nitrogens with zero attached hydrogens (tertiary/aromatic N) is 2. The van der Waals surface area contributed by atoms with Crippen LogP contribution in [0, 0.1) is 23.7 Å². The van der Waals surface area contributed by atoms with E-state index in [9.17, 15) is 9.59 Å². The van der Waals surface area contributed by atoms with Crippen molar-refractivity contribution in [3.63, 3.8) is 0 Å². The van der Waals surface area contributed by atoms with E-state index < -0.39 is 0 Å². The van der Waals surface area contributed by atoms with E-state index in [0.717, 1.165) is 45.3 Å². The van der Waals surface area contributed by atoms with E-state index in [0.29, 0.717) is 23.8 Å². The molecule has 0 saturated carbocycles. The molecule has 1 aliphatic heterocycles. The molecule has 0 aliphatic carbocycles. The Balaban J connectivity index is 1.98. The minimum atomic E-state index is -0.358. The van der Waals surface area contributed by atoms with Crippen LogP contribution in [0.5, 0.6) is 0 Å². The molecular formula is C28H46N3O2. The number of primary amides is 1. The number of likely N-dealkylation sites (tertiary alicyclic amines) is 1. The molecule has 0 spiro atoms. The van der Waals surface area contributed by atoms with Crippen molar-refractivity contribution in [2.24, 2.45) is 23.0 Å². The van der Waals surface area contributed by atoms with E-state index in [1.807, 2.05) is 4.90 Å². The van der Waals surface area contributed by atoms with E-state index in [2.05, 4.69) is 63.8 Å². The van der Waals surface area contributed by atoms with Gasteiger partial charge in [-0.05, 0) is 67.6 Å². The number of hydrogen-bond acceptors (Lipinski definition) is 3. The number of benzene rings is 1. The van der Waals surface area contributed by atoms with Gasteiger partial charge >= 0.3 is 0 Å². The summed E-state index contributed by atoms with van der Waals surface area (Å²) in [5.74, 6) is 0.0212. The van der Waals surface area contributed by atoms with Gasteiger partial charge in [-0.15, -0.1) is 0 Å². The molecule has 5 nitrogen and oxygen atoms in total. The standard InChI is InChI=1S/C28H46N3O2/c1-21(2)14-20-31(24-10-8-23(9-11-24)13-17-28(4,5)6)25-15-18-30(19-16-25)26(32)12-7-22(3)27(29)33/h8-12,21-22,25H,7,13-20H2,1-6H3,(H2,29,33). The van der Waals surface area contributed by atoms with Gasteiger partial charge in [0.1, 0.15) is 0 Å². The molecule has 1 aromatic rings. The van der Waals surface area contributed by atoms with Crippen molar-refractivity contribution in [1.29, 1.82) is 0 Å². The molecule has 1 aromatic carbocycles. The lowest BCUT2D eigenvalue weighted by molar-refractivity contribution is -0.129. The Morgan fingerprint density at radius 3 is 2.24 bits per heavy atom. The topological polar surface area (TPSA) is 66.6 Å². The average molecular weight is 457 g/mol. The number of nitrogens with two attached hydrogens (primary N) is 1. The molecule has 33 heavy (non-hydrogen) atoms. The molecule has 1 fully saturated rings. The molecule has 1 radical (unpaired) electrons. The maximum atomic E-state index is 12.6. The molecule has 5 heteroatoms. The minimum Gasteiger partial charge on any atom is -0.369 e. The lowest BCUT2D eigenvalue weighted by Gasteiger charge is -2.40. The van der Waals surface area contributed by atoms with Crippen LogP contribution in [0.1, 0.15) is 79.2 Å². The zero-order valence-electron chi connectivity index (χ0n) is 21.8. The van der Waals surface area contributed by atoms with Gasteiger partial charge in [0.2, 0.25) is 11.8 Å². The van der Waals surface area contributed by atoms with Crippen LogP contribution in [0.15, 0.2) is 24.3 Å². The van der Waals surface area contributed by atoms with Crippen molar-refractivity contribution in [3.8, 4) is 0 Å². The molecule has 2 rings (SSSR count). The summed E-state index contributed by atoms with van der Waals surface area (Å²) in [7, 11) is 0. The molecule has 1 atom stereocenters. The first kappa shape index (κ1) is 27.2. The first-order chi connectivity index (χ1) is 15.5. The largest absolute Gasteiger partial charge is 0.369 e. The minimum absolute atomic E-state index is 0.0264. The zero-order valence-corrected chi connectivity index (χ0v) is 21.8. The van der Waals surface area contributed by atoms with Gasteiger partial charge in [-0.1, -0.05) is 53.7 Å². The number of hydrogen-bond donors (Lipinski definition) is 1. The average Bonchev–Trinajstić information content (AvgIpc) is 2.76. The number of aryl methyl sites for hydroxylation is 1. The Morgan fingerprint density at radius 2 is 1.73 bits per heavy atom. The number of carbonyl (C=O) groups is 2. The van der Waals surface area contributed by atoms with Crippen LogP contribution in [0.4, 0.5) is 5.69 Å².